The van der Waals surface area contributed by atoms with Crippen molar-refractivity contribution in [3.63, 3.8) is 0 Å². The van der Waals surface area contributed by atoms with Crippen LogP contribution in [0.3, 0.4) is 0 Å². The number of nitro groups is 1. The monoisotopic (exact) mass is 285 g/mol. The molecule has 2 aromatic rings. The van der Waals surface area contributed by atoms with E-state index in [0.29, 0.717) is 5.56 Å². The zero-order valence-electron chi connectivity index (χ0n) is 11.1. The molecule has 0 saturated carbocycles. The highest BCUT2D eigenvalue weighted by atomic mass is 16.6. The molecule has 0 aliphatic carbocycles. The molecule has 0 saturated heterocycles. The van der Waals surface area contributed by atoms with Gasteiger partial charge in [0.05, 0.1) is 0 Å². The molecule has 0 unspecified atom stereocenters. The summed E-state index contributed by atoms with van der Waals surface area (Å²) in [5.74, 6) is -0.789. The fourth-order valence-electron chi connectivity index (χ4n) is 1.94. The van der Waals surface area contributed by atoms with Gasteiger partial charge in [-0.05, 0) is 6.07 Å². The van der Waals surface area contributed by atoms with Crippen LogP contribution in [0.4, 0.5) is 0 Å². The highest BCUT2D eigenvalue weighted by Crippen LogP contribution is 2.01. The molecule has 106 valence electrons. The number of carbonyl (C=O) groups excluding carboxylic acids is 2. The molecule has 0 N–H and O–H groups in total. The second-order valence-corrected chi connectivity index (χ2v) is 4.42. The lowest BCUT2D eigenvalue weighted by molar-refractivity contribution is -0.685. The number of pyridine rings is 1. The predicted molar refractivity (Wildman–Crippen MR) is 73.6 cm³/mol. The lowest BCUT2D eigenvalue weighted by Crippen LogP contribution is -2.44. The summed E-state index contributed by atoms with van der Waals surface area (Å²) in [6.45, 7) is -0.826. The van der Waals surface area contributed by atoms with Crippen LogP contribution >= 0.6 is 0 Å². The zero-order chi connectivity index (χ0) is 15.2. The molecule has 6 nitrogen and oxygen atoms in total. The predicted octanol–water partition coefficient (Wildman–Crippen LogP) is 1.32. The Labute approximate surface area is 120 Å². The minimum Gasteiger partial charge on any atom is -0.287 e. The van der Waals surface area contributed by atoms with Crippen LogP contribution in [0.2, 0.25) is 0 Å². The molecule has 2 rings (SSSR count). The number of nitrogens with zero attached hydrogens (tertiary/aromatic N) is 2. The summed E-state index contributed by atoms with van der Waals surface area (Å²) in [4.78, 5) is 33.7. The van der Waals surface area contributed by atoms with E-state index in [-0.39, 0.29) is 18.0 Å². The van der Waals surface area contributed by atoms with Gasteiger partial charge in [0.15, 0.2) is 6.20 Å². The van der Waals surface area contributed by atoms with Gasteiger partial charge >= 0.3 is 0 Å². The van der Waals surface area contributed by atoms with E-state index in [9.17, 15) is 19.7 Å². The maximum atomic E-state index is 12.1. The van der Waals surface area contributed by atoms with Crippen LogP contribution in [0, 0.1) is 10.1 Å². The van der Waals surface area contributed by atoms with E-state index in [0.717, 1.165) is 0 Å². The van der Waals surface area contributed by atoms with Crippen LogP contribution in [-0.4, -0.2) is 23.0 Å². The molecule has 6 heteroatoms. The Bertz CT molecular complexity index is 683. The molecule has 1 aromatic heterocycles. The van der Waals surface area contributed by atoms with Crippen LogP contribution in [-0.2, 0) is 6.54 Å². The van der Waals surface area contributed by atoms with Gasteiger partial charge in [-0.1, -0.05) is 30.3 Å². The van der Waals surface area contributed by atoms with Crippen molar-refractivity contribution in [3.05, 3.63) is 76.1 Å². The normalized spacial score (nSPS) is 10.1. The number of carbonyl (C=O) groups is 2. The molecule has 21 heavy (non-hydrogen) atoms. The molecule has 0 radical (unpaired) electrons. The van der Waals surface area contributed by atoms with Gasteiger partial charge in [0.2, 0.25) is 12.3 Å². The Morgan fingerprint density at radius 1 is 1.00 bits per heavy atom. The summed E-state index contributed by atoms with van der Waals surface area (Å²) >= 11 is 0. The van der Waals surface area contributed by atoms with E-state index >= 15 is 0 Å². The Balaban J connectivity index is 2.23. The van der Waals surface area contributed by atoms with Gasteiger partial charge in [-0.2, -0.15) is 4.57 Å². The van der Waals surface area contributed by atoms with E-state index in [1.54, 1.807) is 48.7 Å². The van der Waals surface area contributed by atoms with Crippen LogP contribution in [0.15, 0.2) is 54.7 Å². The fourth-order valence-corrected chi connectivity index (χ4v) is 1.94. The van der Waals surface area contributed by atoms with Crippen LogP contribution in [0.25, 0.3) is 0 Å². The molecule has 1 heterocycles. The van der Waals surface area contributed by atoms with Gasteiger partial charge in [0.25, 0.3) is 18.0 Å². The van der Waals surface area contributed by atoms with Gasteiger partial charge < -0.3 is 0 Å². The van der Waals surface area contributed by atoms with Crippen molar-refractivity contribution in [2.75, 3.05) is 6.54 Å². The van der Waals surface area contributed by atoms with Gasteiger partial charge in [-0.3, -0.25) is 19.7 Å². The third-order valence-corrected chi connectivity index (χ3v) is 2.91. The van der Waals surface area contributed by atoms with Gasteiger partial charge in [0, 0.05) is 22.6 Å². The van der Waals surface area contributed by atoms with Crippen molar-refractivity contribution < 1.29 is 19.1 Å². The van der Waals surface area contributed by atoms with Crippen LogP contribution in [0.5, 0.6) is 0 Å². The standard InChI is InChI=1S/C15H13N2O4/c18-14(12-6-2-1-3-7-12)10-16-9-5-4-8-13(16)15(19)11-17(20)21/h1-9H,10-11H2/q+1. The van der Waals surface area contributed by atoms with Crippen LogP contribution in [0.1, 0.15) is 20.8 Å². The number of benzene rings is 1. The highest BCUT2D eigenvalue weighted by Gasteiger charge is 2.24. The second-order valence-electron chi connectivity index (χ2n) is 4.42. The number of ketones is 2. The Morgan fingerprint density at radius 3 is 2.33 bits per heavy atom. The number of rotatable bonds is 6. The Hall–Kier alpha value is -2.89. The molecular weight excluding hydrogens is 272 g/mol. The lowest BCUT2D eigenvalue weighted by atomic mass is 10.1. The first-order valence-corrected chi connectivity index (χ1v) is 6.29. The summed E-state index contributed by atoms with van der Waals surface area (Å²) in [6, 6.07) is 13.4. The average Bonchev–Trinajstić information content (AvgIpc) is 2.48. The second kappa shape index (κ2) is 6.51. The van der Waals surface area contributed by atoms with Crippen molar-refractivity contribution >= 4 is 11.6 Å². The van der Waals surface area contributed by atoms with Crippen molar-refractivity contribution in [2.45, 2.75) is 6.54 Å². The van der Waals surface area contributed by atoms with Gasteiger partial charge in [-0.25, -0.2) is 0 Å². The fraction of sp³-hybridized carbons (Fsp3) is 0.133. The molecule has 0 spiro atoms. The third kappa shape index (κ3) is 3.79. The van der Waals surface area contributed by atoms with Crippen molar-refractivity contribution in [1.82, 2.24) is 0 Å². The smallest absolute Gasteiger partial charge is 0.287 e. The Morgan fingerprint density at radius 2 is 1.67 bits per heavy atom. The van der Waals surface area contributed by atoms with Crippen molar-refractivity contribution in [3.8, 4) is 0 Å². The average molecular weight is 285 g/mol. The number of Topliss-reactive ketones (excluding diaryl/α,β-unsaturated/α-hetero) is 2. The van der Waals surface area contributed by atoms with E-state index < -0.39 is 17.3 Å². The topological polar surface area (TPSA) is 81.2 Å². The zero-order valence-corrected chi connectivity index (χ0v) is 11.1. The molecule has 0 aliphatic heterocycles. The Kier molecular flexibility index (Phi) is 4.50. The SMILES string of the molecule is O=C(C[n+]1ccccc1C(=O)C[N+](=O)[O-])c1ccccc1. The highest BCUT2D eigenvalue weighted by molar-refractivity contribution is 5.96. The summed E-state index contributed by atoms with van der Waals surface area (Å²) in [5, 5.41) is 10.4. The van der Waals surface area contributed by atoms with E-state index in [2.05, 4.69) is 0 Å². The molecule has 0 fully saturated rings. The first-order valence-electron chi connectivity index (χ1n) is 6.29. The summed E-state index contributed by atoms with van der Waals surface area (Å²) in [6.07, 6.45) is 1.56. The summed E-state index contributed by atoms with van der Waals surface area (Å²) in [5.41, 5.74) is 0.681. The minimum absolute atomic E-state index is 0.0381. The summed E-state index contributed by atoms with van der Waals surface area (Å²) < 4.78 is 1.43. The number of aromatic nitrogens is 1. The maximum Gasteiger partial charge on any atom is 0.296 e. The van der Waals surface area contributed by atoms with Crippen molar-refractivity contribution in [2.24, 2.45) is 0 Å². The third-order valence-electron chi connectivity index (χ3n) is 2.91. The van der Waals surface area contributed by atoms with Crippen LogP contribution < -0.4 is 4.57 Å². The van der Waals surface area contributed by atoms with Gasteiger partial charge in [-0.15, -0.1) is 0 Å². The van der Waals surface area contributed by atoms with E-state index in [4.69, 9.17) is 0 Å². The largest absolute Gasteiger partial charge is 0.296 e. The van der Waals surface area contributed by atoms with E-state index in [1.165, 1.54) is 10.6 Å². The molecule has 0 aliphatic rings. The first kappa shape index (κ1) is 14.5. The number of hydrogen-bond acceptors (Lipinski definition) is 4. The number of hydrogen-bond donors (Lipinski definition) is 0. The molecular formula is C15H13N2O4+. The molecule has 0 bridgehead atoms. The van der Waals surface area contributed by atoms with Gasteiger partial charge in [0.1, 0.15) is 0 Å². The van der Waals surface area contributed by atoms with Crippen molar-refractivity contribution in [1.29, 1.82) is 0 Å². The molecule has 0 amide bonds. The summed E-state index contributed by atoms with van der Waals surface area (Å²) in [7, 11) is 0. The van der Waals surface area contributed by atoms with E-state index in [1.807, 2.05) is 0 Å². The molecule has 1 aromatic carbocycles. The minimum atomic E-state index is -0.788. The quantitative estimate of drug-likeness (QED) is 0.347. The maximum absolute atomic E-state index is 12.1. The first-order chi connectivity index (χ1) is 10.1. The molecule has 0 atom stereocenters. The lowest BCUT2D eigenvalue weighted by Gasteiger charge is -2.01.